The van der Waals surface area contributed by atoms with Gasteiger partial charge in [-0.15, -0.1) is 0 Å². The van der Waals surface area contributed by atoms with Crippen LogP contribution in [0.3, 0.4) is 0 Å². The lowest BCUT2D eigenvalue weighted by Crippen LogP contribution is -2.48. The summed E-state index contributed by atoms with van der Waals surface area (Å²) in [5, 5.41) is 0. The van der Waals surface area contributed by atoms with Gasteiger partial charge in [0, 0.05) is 50.1 Å². The van der Waals surface area contributed by atoms with E-state index in [4.69, 9.17) is 0 Å². The molecular formula is C19H18FN3O3. The van der Waals surface area contributed by atoms with Crippen LogP contribution in [0.25, 0.3) is 0 Å². The Hall–Kier alpha value is -3.22. The van der Waals surface area contributed by atoms with Gasteiger partial charge in [-0.2, -0.15) is 0 Å². The summed E-state index contributed by atoms with van der Waals surface area (Å²) in [5.74, 6) is -0.992. The summed E-state index contributed by atoms with van der Waals surface area (Å²) in [6.07, 6.45) is 4.12. The second-order valence-corrected chi connectivity index (χ2v) is 5.93. The molecule has 7 heteroatoms. The fraction of sp³-hybridized carbons (Fsp3) is 0.211. The van der Waals surface area contributed by atoms with E-state index in [1.165, 1.54) is 42.5 Å². The number of carbonyl (C=O) groups excluding carboxylic acids is 2. The largest absolute Gasteiger partial charge is 0.367 e. The molecule has 2 aromatic rings. The number of halogens is 1. The topological polar surface area (TPSA) is 73.5 Å². The van der Waals surface area contributed by atoms with Crippen LogP contribution in [0.5, 0.6) is 0 Å². The summed E-state index contributed by atoms with van der Waals surface area (Å²) >= 11 is 0. The Morgan fingerprint density at radius 3 is 2.27 bits per heavy atom. The normalized spacial score (nSPS) is 14.7. The molecule has 134 valence electrons. The van der Waals surface area contributed by atoms with E-state index in [2.05, 4.69) is 9.88 Å². The number of nitrogens with one attached hydrogen (secondary N) is 1. The Morgan fingerprint density at radius 1 is 0.962 bits per heavy atom. The van der Waals surface area contributed by atoms with Crippen molar-refractivity contribution in [2.24, 2.45) is 0 Å². The van der Waals surface area contributed by atoms with Gasteiger partial charge in [0.2, 0.25) is 11.5 Å². The number of hydrogen-bond acceptors (Lipinski definition) is 4. The van der Waals surface area contributed by atoms with E-state index in [0.29, 0.717) is 31.7 Å². The third-order valence-electron chi connectivity index (χ3n) is 4.23. The molecule has 1 aliphatic heterocycles. The zero-order valence-electron chi connectivity index (χ0n) is 14.0. The fourth-order valence-electron chi connectivity index (χ4n) is 2.75. The fourth-order valence-corrected chi connectivity index (χ4v) is 2.75. The Morgan fingerprint density at radius 2 is 1.65 bits per heavy atom. The Kier molecular flexibility index (Phi) is 5.26. The van der Waals surface area contributed by atoms with Crippen molar-refractivity contribution in [1.29, 1.82) is 0 Å². The molecule has 0 bridgehead atoms. The number of piperazine rings is 1. The number of pyridine rings is 1. The van der Waals surface area contributed by atoms with Crippen molar-refractivity contribution in [2.75, 3.05) is 31.1 Å². The van der Waals surface area contributed by atoms with Crippen molar-refractivity contribution >= 4 is 17.4 Å². The number of aromatic amines is 1. The number of rotatable bonds is 4. The summed E-state index contributed by atoms with van der Waals surface area (Å²) in [6.45, 7) is 2.31. The standard InChI is InChI=1S/C19H18FN3O3/c20-15-3-1-14(2-4-15)17(24)6-8-19(26)23-11-9-22(10-12-23)16-5-7-18(25)21-13-16/h1-8,13H,9-12H2,(H,21,25)/b8-6+. The van der Waals surface area contributed by atoms with E-state index >= 15 is 0 Å². The number of benzene rings is 1. The van der Waals surface area contributed by atoms with Crippen LogP contribution in [-0.2, 0) is 4.79 Å². The third kappa shape index (κ3) is 4.24. The molecule has 1 fully saturated rings. The number of H-pyrrole nitrogens is 1. The molecule has 1 aromatic carbocycles. The Balaban J connectivity index is 1.54. The van der Waals surface area contributed by atoms with Gasteiger partial charge in [-0.05, 0) is 36.4 Å². The first-order chi connectivity index (χ1) is 12.5. The first-order valence-electron chi connectivity index (χ1n) is 8.23. The Labute approximate surface area is 149 Å². The zero-order valence-corrected chi connectivity index (χ0v) is 14.0. The van der Waals surface area contributed by atoms with Gasteiger partial charge in [0.25, 0.3) is 0 Å². The summed E-state index contributed by atoms with van der Waals surface area (Å²) in [5.41, 5.74) is 1.08. The molecule has 1 aliphatic rings. The summed E-state index contributed by atoms with van der Waals surface area (Å²) in [4.78, 5) is 41.7. The number of carbonyl (C=O) groups is 2. The lowest BCUT2D eigenvalue weighted by molar-refractivity contribution is -0.126. The highest BCUT2D eigenvalue weighted by Gasteiger charge is 2.20. The molecule has 0 spiro atoms. The molecular weight excluding hydrogens is 337 g/mol. The highest BCUT2D eigenvalue weighted by atomic mass is 19.1. The summed E-state index contributed by atoms with van der Waals surface area (Å²) < 4.78 is 12.9. The van der Waals surface area contributed by atoms with Crippen LogP contribution >= 0.6 is 0 Å². The molecule has 1 aromatic heterocycles. The maximum atomic E-state index is 12.9. The smallest absolute Gasteiger partial charge is 0.248 e. The van der Waals surface area contributed by atoms with Gasteiger partial charge < -0.3 is 14.8 Å². The van der Waals surface area contributed by atoms with Crippen LogP contribution in [0.1, 0.15) is 10.4 Å². The van der Waals surface area contributed by atoms with Gasteiger partial charge in [0.05, 0.1) is 5.69 Å². The maximum absolute atomic E-state index is 12.9. The van der Waals surface area contributed by atoms with Crippen LogP contribution in [-0.4, -0.2) is 47.8 Å². The van der Waals surface area contributed by atoms with E-state index in [0.717, 1.165) is 5.69 Å². The van der Waals surface area contributed by atoms with Crippen molar-refractivity contribution in [3.63, 3.8) is 0 Å². The molecule has 0 radical (unpaired) electrons. The van der Waals surface area contributed by atoms with E-state index in [9.17, 15) is 18.8 Å². The number of aromatic nitrogens is 1. The molecule has 2 heterocycles. The van der Waals surface area contributed by atoms with Gasteiger partial charge >= 0.3 is 0 Å². The van der Waals surface area contributed by atoms with Crippen molar-refractivity contribution in [3.05, 3.63) is 76.5 Å². The molecule has 1 saturated heterocycles. The number of allylic oxidation sites excluding steroid dienone is 1. The summed E-state index contributed by atoms with van der Waals surface area (Å²) in [6, 6.07) is 8.40. The lowest BCUT2D eigenvalue weighted by Gasteiger charge is -2.35. The van der Waals surface area contributed by atoms with Crippen LogP contribution in [0.2, 0.25) is 0 Å². The molecule has 0 unspecified atom stereocenters. The minimum absolute atomic E-state index is 0.154. The maximum Gasteiger partial charge on any atom is 0.248 e. The predicted molar refractivity (Wildman–Crippen MR) is 95.7 cm³/mol. The zero-order chi connectivity index (χ0) is 18.5. The van der Waals surface area contributed by atoms with Crippen LogP contribution in [0.15, 0.2) is 59.5 Å². The molecule has 0 saturated carbocycles. The van der Waals surface area contributed by atoms with Crippen molar-refractivity contribution in [2.45, 2.75) is 0 Å². The van der Waals surface area contributed by atoms with Crippen LogP contribution in [0.4, 0.5) is 10.1 Å². The average Bonchev–Trinajstić information content (AvgIpc) is 2.67. The lowest BCUT2D eigenvalue weighted by atomic mass is 10.1. The average molecular weight is 355 g/mol. The van der Waals surface area contributed by atoms with E-state index in [1.807, 2.05) is 0 Å². The third-order valence-corrected chi connectivity index (χ3v) is 4.23. The van der Waals surface area contributed by atoms with Crippen molar-refractivity contribution < 1.29 is 14.0 Å². The highest BCUT2D eigenvalue weighted by molar-refractivity contribution is 6.07. The second kappa shape index (κ2) is 7.77. The van der Waals surface area contributed by atoms with Gasteiger partial charge in [0.15, 0.2) is 5.78 Å². The molecule has 0 atom stereocenters. The first-order valence-corrected chi connectivity index (χ1v) is 8.23. The van der Waals surface area contributed by atoms with Gasteiger partial charge in [0.1, 0.15) is 5.82 Å². The van der Waals surface area contributed by atoms with E-state index in [1.54, 1.807) is 17.2 Å². The molecule has 26 heavy (non-hydrogen) atoms. The number of anilines is 1. The molecule has 1 amide bonds. The number of nitrogens with zero attached hydrogens (tertiary/aromatic N) is 2. The molecule has 3 rings (SSSR count). The quantitative estimate of drug-likeness (QED) is 0.668. The molecule has 1 N–H and O–H groups in total. The van der Waals surface area contributed by atoms with Gasteiger partial charge in [-0.3, -0.25) is 14.4 Å². The van der Waals surface area contributed by atoms with E-state index in [-0.39, 0.29) is 17.2 Å². The highest BCUT2D eigenvalue weighted by Crippen LogP contribution is 2.14. The molecule has 0 aliphatic carbocycles. The van der Waals surface area contributed by atoms with Gasteiger partial charge in [-0.1, -0.05) is 0 Å². The van der Waals surface area contributed by atoms with Crippen molar-refractivity contribution in [3.8, 4) is 0 Å². The monoisotopic (exact) mass is 355 g/mol. The Bertz CT molecular complexity index is 861. The first kappa shape index (κ1) is 17.6. The van der Waals surface area contributed by atoms with Gasteiger partial charge in [-0.25, -0.2) is 4.39 Å². The number of ketones is 1. The van der Waals surface area contributed by atoms with Crippen molar-refractivity contribution in [1.82, 2.24) is 9.88 Å². The minimum Gasteiger partial charge on any atom is -0.367 e. The summed E-state index contributed by atoms with van der Waals surface area (Å²) in [7, 11) is 0. The number of amides is 1. The number of hydrogen-bond donors (Lipinski definition) is 1. The second-order valence-electron chi connectivity index (χ2n) is 5.93. The molecule has 6 nitrogen and oxygen atoms in total. The van der Waals surface area contributed by atoms with Crippen LogP contribution in [0, 0.1) is 5.82 Å². The minimum atomic E-state index is -0.415. The predicted octanol–water partition coefficient (Wildman–Crippen LogP) is 1.60. The van der Waals surface area contributed by atoms with Crippen LogP contribution < -0.4 is 10.5 Å². The SMILES string of the molecule is O=C(/C=C/C(=O)N1CCN(c2ccc(=O)[nH]c2)CC1)c1ccc(F)cc1. The van der Waals surface area contributed by atoms with E-state index < -0.39 is 5.82 Å².